The summed E-state index contributed by atoms with van der Waals surface area (Å²) in [5.74, 6) is 1.46. The van der Waals surface area contributed by atoms with E-state index in [9.17, 15) is 4.39 Å². The van der Waals surface area contributed by atoms with Gasteiger partial charge in [0, 0.05) is 12.1 Å². The molecule has 0 amide bonds. The summed E-state index contributed by atoms with van der Waals surface area (Å²) in [4.78, 5) is 0. The Hall–Kier alpha value is -2.76. The molecule has 0 bridgehead atoms. The summed E-state index contributed by atoms with van der Waals surface area (Å²) < 4.78 is 30.2. The zero-order valence-corrected chi connectivity index (χ0v) is 17.8. The van der Waals surface area contributed by atoms with Crippen LogP contribution in [0.25, 0.3) is 0 Å². The van der Waals surface area contributed by atoms with Gasteiger partial charge in [0.15, 0.2) is 11.5 Å². The van der Waals surface area contributed by atoms with E-state index in [1.807, 2.05) is 24.3 Å². The highest BCUT2D eigenvalue weighted by Crippen LogP contribution is 2.37. The molecule has 0 spiro atoms. The number of hydrogen-bond acceptors (Lipinski definition) is 4. The highest BCUT2D eigenvalue weighted by atomic mass is 35.5. The third-order valence-corrected chi connectivity index (χ3v) is 4.98. The summed E-state index contributed by atoms with van der Waals surface area (Å²) in [6.45, 7) is 1.53. The molecule has 0 aliphatic rings. The molecule has 3 rings (SSSR count). The van der Waals surface area contributed by atoms with Crippen LogP contribution in [-0.2, 0) is 19.6 Å². The molecule has 0 saturated heterocycles. The van der Waals surface area contributed by atoms with Crippen molar-refractivity contribution < 1.29 is 18.6 Å². The Morgan fingerprint density at radius 2 is 1.70 bits per heavy atom. The Balaban J connectivity index is 1.57. The van der Waals surface area contributed by atoms with Gasteiger partial charge in [0.25, 0.3) is 0 Å². The number of methoxy groups -OCH3 is 2. The number of hydrogen-bond donors (Lipinski definition) is 1. The maximum absolute atomic E-state index is 13.8. The van der Waals surface area contributed by atoms with Crippen LogP contribution in [-0.4, -0.2) is 20.8 Å². The first-order chi connectivity index (χ1) is 14.6. The van der Waals surface area contributed by atoms with Crippen molar-refractivity contribution in [2.45, 2.75) is 19.6 Å². The Bertz CT molecular complexity index is 963. The van der Waals surface area contributed by atoms with Crippen LogP contribution in [0, 0.1) is 5.82 Å². The third kappa shape index (κ3) is 5.88. The molecule has 0 heterocycles. The van der Waals surface area contributed by atoms with E-state index in [0.29, 0.717) is 28.6 Å². The summed E-state index contributed by atoms with van der Waals surface area (Å²) in [5, 5.41) is 3.83. The van der Waals surface area contributed by atoms with Crippen molar-refractivity contribution in [3.63, 3.8) is 0 Å². The minimum absolute atomic E-state index is 0.0716. The molecular weight excluding hydrogens is 405 g/mol. The monoisotopic (exact) mass is 429 g/mol. The molecule has 3 aromatic rings. The Morgan fingerprint density at radius 1 is 0.933 bits per heavy atom. The standard InChI is InChI=1S/C24H25ClFNO3/c1-28-20-9-7-17(8-10-20)11-12-27-15-18-13-21(25)24(23(14-18)29-2)30-16-19-5-3-4-6-22(19)26/h3-10,13-14,27H,11-12,15-16H2,1-2H3. The lowest BCUT2D eigenvalue weighted by atomic mass is 10.1. The molecule has 0 fully saturated rings. The molecule has 0 saturated carbocycles. The predicted molar refractivity (Wildman–Crippen MR) is 117 cm³/mol. The summed E-state index contributed by atoms with van der Waals surface area (Å²) in [6, 6.07) is 18.2. The smallest absolute Gasteiger partial charge is 0.180 e. The maximum atomic E-state index is 13.8. The molecule has 1 N–H and O–H groups in total. The second-order valence-corrected chi connectivity index (χ2v) is 7.17. The van der Waals surface area contributed by atoms with Crippen molar-refractivity contribution in [2.24, 2.45) is 0 Å². The lowest BCUT2D eigenvalue weighted by molar-refractivity contribution is 0.279. The van der Waals surface area contributed by atoms with Gasteiger partial charge >= 0.3 is 0 Å². The average Bonchev–Trinajstić information content (AvgIpc) is 2.77. The zero-order valence-electron chi connectivity index (χ0n) is 17.1. The predicted octanol–water partition coefficient (Wildman–Crippen LogP) is 5.41. The first-order valence-corrected chi connectivity index (χ1v) is 10.0. The van der Waals surface area contributed by atoms with Crippen LogP contribution in [0.3, 0.4) is 0 Å². The summed E-state index contributed by atoms with van der Waals surface area (Å²) in [6.07, 6.45) is 0.901. The summed E-state index contributed by atoms with van der Waals surface area (Å²) in [7, 11) is 3.22. The van der Waals surface area contributed by atoms with Gasteiger partial charge < -0.3 is 19.5 Å². The van der Waals surface area contributed by atoms with Crippen LogP contribution in [0.15, 0.2) is 60.7 Å². The second-order valence-electron chi connectivity index (χ2n) is 6.76. The topological polar surface area (TPSA) is 39.7 Å². The Morgan fingerprint density at radius 3 is 2.40 bits per heavy atom. The first kappa shape index (κ1) is 21.9. The quantitative estimate of drug-likeness (QED) is 0.437. The van der Waals surface area contributed by atoms with E-state index < -0.39 is 0 Å². The van der Waals surface area contributed by atoms with Gasteiger partial charge in [0.2, 0.25) is 0 Å². The van der Waals surface area contributed by atoms with Crippen molar-refractivity contribution in [3.05, 3.63) is 88.2 Å². The first-order valence-electron chi connectivity index (χ1n) is 9.67. The van der Waals surface area contributed by atoms with Crippen molar-refractivity contribution in [3.8, 4) is 17.2 Å². The molecular formula is C24H25ClFNO3. The SMILES string of the molecule is COc1ccc(CCNCc2cc(Cl)c(OCc3ccccc3F)c(OC)c2)cc1. The third-order valence-electron chi connectivity index (χ3n) is 4.70. The molecule has 4 nitrogen and oxygen atoms in total. The van der Waals surface area contributed by atoms with Gasteiger partial charge in [0.05, 0.1) is 19.2 Å². The van der Waals surface area contributed by atoms with Crippen molar-refractivity contribution >= 4 is 11.6 Å². The highest BCUT2D eigenvalue weighted by Gasteiger charge is 2.13. The fourth-order valence-electron chi connectivity index (χ4n) is 3.04. The molecule has 6 heteroatoms. The maximum Gasteiger partial charge on any atom is 0.180 e. The van der Waals surface area contributed by atoms with E-state index >= 15 is 0 Å². The average molecular weight is 430 g/mol. The lowest BCUT2D eigenvalue weighted by Crippen LogP contribution is -2.16. The fourth-order valence-corrected chi connectivity index (χ4v) is 3.33. The zero-order chi connectivity index (χ0) is 21.3. The Kier molecular flexibility index (Phi) is 7.94. The summed E-state index contributed by atoms with van der Waals surface area (Å²) in [5.41, 5.74) is 2.67. The molecule has 158 valence electrons. The van der Waals surface area contributed by atoms with E-state index in [2.05, 4.69) is 17.4 Å². The van der Waals surface area contributed by atoms with Crippen LogP contribution < -0.4 is 19.5 Å². The second kappa shape index (κ2) is 10.9. The molecule has 0 atom stereocenters. The van der Waals surface area contributed by atoms with Crippen LogP contribution in [0.1, 0.15) is 16.7 Å². The van der Waals surface area contributed by atoms with Gasteiger partial charge in [-0.3, -0.25) is 0 Å². The van der Waals surface area contributed by atoms with Gasteiger partial charge in [-0.1, -0.05) is 41.9 Å². The van der Waals surface area contributed by atoms with E-state index in [1.54, 1.807) is 32.4 Å². The lowest BCUT2D eigenvalue weighted by Gasteiger charge is -2.15. The highest BCUT2D eigenvalue weighted by molar-refractivity contribution is 6.32. The van der Waals surface area contributed by atoms with E-state index in [1.165, 1.54) is 11.6 Å². The minimum Gasteiger partial charge on any atom is -0.497 e. The molecule has 3 aromatic carbocycles. The van der Waals surface area contributed by atoms with E-state index in [4.69, 9.17) is 25.8 Å². The van der Waals surface area contributed by atoms with Crippen LogP contribution >= 0.6 is 11.6 Å². The van der Waals surface area contributed by atoms with E-state index in [-0.39, 0.29) is 12.4 Å². The van der Waals surface area contributed by atoms with Gasteiger partial charge in [-0.05, 0) is 54.4 Å². The van der Waals surface area contributed by atoms with Gasteiger partial charge in [-0.25, -0.2) is 4.39 Å². The number of rotatable bonds is 10. The van der Waals surface area contributed by atoms with E-state index in [0.717, 1.165) is 24.3 Å². The number of halogens is 2. The molecule has 0 unspecified atom stereocenters. The van der Waals surface area contributed by atoms with Crippen molar-refractivity contribution in [2.75, 3.05) is 20.8 Å². The summed E-state index contributed by atoms with van der Waals surface area (Å²) >= 11 is 6.42. The number of benzene rings is 3. The molecule has 0 radical (unpaired) electrons. The molecule has 30 heavy (non-hydrogen) atoms. The normalized spacial score (nSPS) is 10.7. The fraction of sp³-hybridized carbons (Fsp3) is 0.250. The molecule has 0 aromatic heterocycles. The number of ether oxygens (including phenoxy) is 3. The largest absolute Gasteiger partial charge is 0.497 e. The molecule has 0 aliphatic heterocycles. The van der Waals surface area contributed by atoms with Crippen molar-refractivity contribution in [1.82, 2.24) is 5.32 Å². The van der Waals surface area contributed by atoms with Gasteiger partial charge in [-0.15, -0.1) is 0 Å². The number of nitrogens with one attached hydrogen (secondary N) is 1. The minimum atomic E-state index is -0.315. The van der Waals surface area contributed by atoms with Gasteiger partial charge in [-0.2, -0.15) is 0 Å². The molecule has 0 aliphatic carbocycles. The van der Waals surface area contributed by atoms with Crippen LogP contribution in [0.2, 0.25) is 5.02 Å². The Labute approximate surface area is 181 Å². The van der Waals surface area contributed by atoms with Crippen molar-refractivity contribution in [1.29, 1.82) is 0 Å². The van der Waals surface area contributed by atoms with Crippen LogP contribution in [0.4, 0.5) is 4.39 Å². The van der Waals surface area contributed by atoms with Crippen LogP contribution in [0.5, 0.6) is 17.2 Å². The van der Waals surface area contributed by atoms with Gasteiger partial charge in [0.1, 0.15) is 18.2 Å².